The smallest absolute Gasteiger partial charge is 0.243 e. The summed E-state index contributed by atoms with van der Waals surface area (Å²) in [5, 5.41) is 3.46. The predicted molar refractivity (Wildman–Crippen MR) is 127 cm³/mol. The highest BCUT2D eigenvalue weighted by Crippen LogP contribution is 2.27. The number of nitrogens with one attached hydrogen (secondary N) is 1. The standard InChI is InChI=1S/C21H24N6O4S2/c1-15(28)23-16-5-7-17(8-6-16)33(30,31)25(2)14-19(29)26-10-12-27(13-11-26)21-24-18-4-3-9-22-20(18)32-21/h3-9H,10-14H2,1-2H3,(H,23,28). The monoisotopic (exact) mass is 488 g/mol. The van der Waals surface area contributed by atoms with Gasteiger partial charge in [0.15, 0.2) is 5.13 Å². The van der Waals surface area contributed by atoms with Crippen LogP contribution in [-0.4, -0.2) is 79.2 Å². The van der Waals surface area contributed by atoms with Crippen molar-refractivity contribution in [2.75, 3.05) is 50.0 Å². The van der Waals surface area contributed by atoms with Crippen molar-refractivity contribution in [2.24, 2.45) is 0 Å². The van der Waals surface area contributed by atoms with Crippen LogP contribution in [-0.2, 0) is 19.6 Å². The van der Waals surface area contributed by atoms with Crippen LogP contribution in [0.4, 0.5) is 10.8 Å². The maximum absolute atomic E-state index is 12.9. The van der Waals surface area contributed by atoms with Crippen LogP contribution in [0.25, 0.3) is 10.3 Å². The van der Waals surface area contributed by atoms with Gasteiger partial charge in [-0.25, -0.2) is 18.4 Å². The van der Waals surface area contributed by atoms with Crippen LogP contribution in [0.3, 0.4) is 0 Å². The van der Waals surface area contributed by atoms with Gasteiger partial charge in [0.05, 0.1) is 11.4 Å². The normalized spacial score (nSPS) is 14.6. The molecule has 10 nitrogen and oxygen atoms in total. The quantitative estimate of drug-likeness (QED) is 0.560. The molecule has 12 heteroatoms. The highest BCUT2D eigenvalue weighted by Gasteiger charge is 2.28. The van der Waals surface area contributed by atoms with Crippen LogP contribution < -0.4 is 10.2 Å². The first-order valence-corrected chi connectivity index (χ1v) is 12.6. The fourth-order valence-electron chi connectivity index (χ4n) is 3.51. The first-order chi connectivity index (χ1) is 15.7. The van der Waals surface area contributed by atoms with E-state index in [0.29, 0.717) is 31.9 Å². The number of carbonyl (C=O) groups is 2. The summed E-state index contributed by atoms with van der Waals surface area (Å²) in [5.74, 6) is -0.491. The fraction of sp³-hybridized carbons (Fsp3) is 0.333. The summed E-state index contributed by atoms with van der Waals surface area (Å²) < 4.78 is 26.8. The molecule has 33 heavy (non-hydrogen) atoms. The van der Waals surface area contributed by atoms with Gasteiger partial charge in [0.2, 0.25) is 21.8 Å². The molecule has 0 aliphatic carbocycles. The Bertz CT molecular complexity index is 1230. The van der Waals surface area contributed by atoms with Crippen LogP contribution in [0.2, 0.25) is 0 Å². The molecule has 2 amide bonds. The van der Waals surface area contributed by atoms with E-state index in [0.717, 1.165) is 19.8 Å². The van der Waals surface area contributed by atoms with Crippen molar-refractivity contribution in [3.63, 3.8) is 0 Å². The summed E-state index contributed by atoms with van der Waals surface area (Å²) in [6.45, 7) is 3.34. The lowest BCUT2D eigenvalue weighted by atomic mass is 10.3. The van der Waals surface area contributed by atoms with Gasteiger partial charge >= 0.3 is 0 Å². The molecule has 1 saturated heterocycles. The number of fused-ring (bicyclic) bond motifs is 1. The molecule has 1 N–H and O–H groups in total. The lowest BCUT2D eigenvalue weighted by Crippen LogP contribution is -2.51. The number of benzene rings is 1. The number of piperazine rings is 1. The van der Waals surface area contributed by atoms with E-state index in [1.54, 1.807) is 11.1 Å². The minimum atomic E-state index is -3.84. The Hall–Kier alpha value is -3.09. The lowest BCUT2D eigenvalue weighted by Gasteiger charge is -2.35. The number of anilines is 2. The van der Waals surface area contributed by atoms with E-state index in [4.69, 9.17) is 0 Å². The van der Waals surface area contributed by atoms with Crippen LogP contribution in [0.5, 0.6) is 0 Å². The number of sulfonamides is 1. The molecule has 174 valence electrons. The molecule has 0 atom stereocenters. The Balaban J connectivity index is 1.34. The third-order valence-electron chi connectivity index (χ3n) is 5.30. The molecule has 3 aromatic rings. The summed E-state index contributed by atoms with van der Waals surface area (Å²) >= 11 is 1.52. The molecule has 1 aliphatic rings. The number of likely N-dealkylation sites (N-methyl/N-ethyl adjacent to an activating group) is 1. The molecule has 2 aromatic heterocycles. The predicted octanol–water partition coefficient (Wildman–Crippen LogP) is 1.62. The van der Waals surface area contributed by atoms with E-state index in [1.807, 2.05) is 12.1 Å². The molecular formula is C21H24N6O4S2. The summed E-state index contributed by atoms with van der Waals surface area (Å²) in [5.41, 5.74) is 1.36. The number of pyridine rings is 1. The molecule has 1 fully saturated rings. The Morgan fingerprint density at radius 3 is 2.45 bits per heavy atom. The van der Waals surface area contributed by atoms with Crippen LogP contribution >= 0.6 is 11.3 Å². The van der Waals surface area contributed by atoms with Crippen molar-refractivity contribution < 1.29 is 18.0 Å². The topological polar surface area (TPSA) is 116 Å². The maximum Gasteiger partial charge on any atom is 0.243 e. The molecule has 3 heterocycles. The molecule has 0 spiro atoms. The second-order valence-corrected chi connectivity index (χ2v) is 10.7. The van der Waals surface area contributed by atoms with Crippen molar-refractivity contribution in [1.82, 2.24) is 19.2 Å². The highest BCUT2D eigenvalue weighted by molar-refractivity contribution is 7.89. The van der Waals surface area contributed by atoms with Gasteiger partial charge in [0.1, 0.15) is 10.3 Å². The fourth-order valence-corrected chi connectivity index (χ4v) is 5.59. The van der Waals surface area contributed by atoms with Crippen molar-refractivity contribution in [2.45, 2.75) is 11.8 Å². The van der Waals surface area contributed by atoms with E-state index in [-0.39, 0.29) is 23.3 Å². The third kappa shape index (κ3) is 5.13. The zero-order valence-electron chi connectivity index (χ0n) is 18.3. The number of amides is 2. The van der Waals surface area contributed by atoms with E-state index in [2.05, 4.69) is 20.2 Å². The second kappa shape index (κ2) is 9.41. The number of carbonyl (C=O) groups excluding carboxylic acids is 2. The number of thiazole rings is 1. The minimum absolute atomic E-state index is 0.0566. The van der Waals surface area contributed by atoms with Crippen molar-refractivity contribution >= 4 is 54.3 Å². The van der Waals surface area contributed by atoms with Gasteiger partial charge in [-0.05, 0) is 36.4 Å². The summed E-state index contributed by atoms with van der Waals surface area (Å²) in [7, 11) is -2.45. The molecule has 0 unspecified atom stereocenters. The summed E-state index contributed by atoms with van der Waals surface area (Å²) in [6.07, 6.45) is 1.74. The Morgan fingerprint density at radius 2 is 1.82 bits per heavy atom. The van der Waals surface area contributed by atoms with Gasteiger partial charge < -0.3 is 15.1 Å². The van der Waals surface area contributed by atoms with E-state index >= 15 is 0 Å². The zero-order chi connectivity index (χ0) is 23.6. The van der Waals surface area contributed by atoms with E-state index in [1.165, 1.54) is 49.6 Å². The molecule has 1 aromatic carbocycles. The highest BCUT2D eigenvalue weighted by atomic mass is 32.2. The average molecular weight is 489 g/mol. The summed E-state index contributed by atoms with van der Waals surface area (Å²) in [4.78, 5) is 37.6. The first-order valence-electron chi connectivity index (χ1n) is 10.3. The molecule has 0 saturated carbocycles. The largest absolute Gasteiger partial charge is 0.344 e. The Kier molecular flexibility index (Phi) is 6.58. The number of hydrogen-bond donors (Lipinski definition) is 1. The number of hydrogen-bond acceptors (Lipinski definition) is 8. The van der Waals surface area contributed by atoms with Gasteiger partial charge in [-0.2, -0.15) is 4.31 Å². The van der Waals surface area contributed by atoms with Crippen LogP contribution in [0.15, 0.2) is 47.5 Å². The van der Waals surface area contributed by atoms with Crippen LogP contribution in [0, 0.1) is 0 Å². The summed E-state index contributed by atoms with van der Waals surface area (Å²) in [6, 6.07) is 9.62. The maximum atomic E-state index is 12.9. The van der Waals surface area contributed by atoms with Gasteiger partial charge in [0.25, 0.3) is 0 Å². The SMILES string of the molecule is CC(=O)Nc1ccc(S(=O)(=O)N(C)CC(=O)N2CCN(c3nc4cccnc4s3)CC2)cc1. The van der Waals surface area contributed by atoms with Crippen molar-refractivity contribution in [3.05, 3.63) is 42.6 Å². The minimum Gasteiger partial charge on any atom is -0.344 e. The Morgan fingerprint density at radius 1 is 1.12 bits per heavy atom. The zero-order valence-corrected chi connectivity index (χ0v) is 19.9. The average Bonchev–Trinajstić information content (AvgIpc) is 3.23. The lowest BCUT2D eigenvalue weighted by molar-refractivity contribution is -0.131. The molecule has 0 radical (unpaired) electrons. The Labute approximate surface area is 195 Å². The number of nitrogens with zero attached hydrogens (tertiary/aromatic N) is 5. The van der Waals surface area contributed by atoms with E-state index in [9.17, 15) is 18.0 Å². The molecule has 0 bridgehead atoms. The van der Waals surface area contributed by atoms with Gasteiger partial charge in [-0.3, -0.25) is 9.59 Å². The van der Waals surface area contributed by atoms with Crippen LogP contribution in [0.1, 0.15) is 6.92 Å². The third-order valence-corrected chi connectivity index (χ3v) is 8.16. The number of aromatic nitrogens is 2. The van der Waals surface area contributed by atoms with E-state index < -0.39 is 10.0 Å². The number of rotatable bonds is 6. The molecule has 4 rings (SSSR count). The second-order valence-electron chi connectivity index (χ2n) is 7.66. The van der Waals surface area contributed by atoms with Crippen molar-refractivity contribution in [3.8, 4) is 0 Å². The molecular weight excluding hydrogens is 464 g/mol. The van der Waals surface area contributed by atoms with Crippen molar-refractivity contribution in [1.29, 1.82) is 0 Å². The van der Waals surface area contributed by atoms with Gasteiger partial charge in [-0.15, -0.1) is 0 Å². The van der Waals surface area contributed by atoms with Gasteiger partial charge in [-0.1, -0.05) is 11.3 Å². The first kappa shape index (κ1) is 23.1. The van der Waals surface area contributed by atoms with Gasteiger partial charge in [0, 0.05) is 52.0 Å². The molecule has 1 aliphatic heterocycles.